The lowest BCUT2D eigenvalue weighted by molar-refractivity contribution is 0.155. The van der Waals surface area contributed by atoms with Crippen LogP contribution in [0.3, 0.4) is 0 Å². The van der Waals surface area contributed by atoms with E-state index in [1.807, 2.05) is 55.5 Å². The summed E-state index contributed by atoms with van der Waals surface area (Å²) in [6, 6.07) is 15.2. The van der Waals surface area contributed by atoms with Crippen LogP contribution in [-0.2, 0) is 11.3 Å². The topological polar surface area (TPSA) is 38.3 Å². The predicted molar refractivity (Wildman–Crippen MR) is 78.7 cm³/mol. The SMILES string of the molecule is Cc1ccc(S)c(NC(=O)OCc2ccccc2)c1. The van der Waals surface area contributed by atoms with Crippen molar-refractivity contribution >= 4 is 24.4 Å². The van der Waals surface area contributed by atoms with Crippen LogP contribution in [0.4, 0.5) is 10.5 Å². The molecule has 0 fully saturated rings. The fraction of sp³-hybridized carbons (Fsp3) is 0.133. The molecule has 2 rings (SSSR count). The number of amides is 1. The Bertz CT molecular complexity index is 570. The number of carbonyl (C=O) groups is 1. The number of aryl methyl sites for hydroxylation is 1. The molecule has 0 atom stereocenters. The molecule has 0 aliphatic heterocycles. The minimum absolute atomic E-state index is 0.250. The molecular weight excluding hydrogens is 258 g/mol. The second kappa shape index (κ2) is 6.29. The van der Waals surface area contributed by atoms with Crippen LogP contribution in [0.1, 0.15) is 11.1 Å². The maximum atomic E-state index is 11.7. The van der Waals surface area contributed by atoms with Crippen molar-refractivity contribution in [1.29, 1.82) is 0 Å². The van der Waals surface area contributed by atoms with Crippen LogP contribution in [0.25, 0.3) is 0 Å². The Morgan fingerprint density at radius 3 is 2.68 bits per heavy atom. The highest BCUT2D eigenvalue weighted by molar-refractivity contribution is 7.80. The number of hydrogen-bond donors (Lipinski definition) is 2. The summed E-state index contributed by atoms with van der Waals surface area (Å²) in [5.41, 5.74) is 2.66. The average molecular weight is 273 g/mol. The third-order valence-corrected chi connectivity index (χ3v) is 2.99. The summed E-state index contributed by atoms with van der Waals surface area (Å²) in [5, 5.41) is 2.68. The quantitative estimate of drug-likeness (QED) is 0.829. The maximum absolute atomic E-state index is 11.7. The first-order valence-electron chi connectivity index (χ1n) is 5.92. The zero-order chi connectivity index (χ0) is 13.7. The second-order valence-electron chi connectivity index (χ2n) is 4.21. The van der Waals surface area contributed by atoms with E-state index in [0.29, 0.717) is 10.6 Å². The van der Waals surface area contributed by atoms with Crippen LogP contribution in [0.2, 0.25) is 0 Å². The van der Waals surface area contributed by atoms with Gasteiger partial charge in [-0.2, -0.15) is 0 Å². The fourth-order valence-electron chi connectivity index (χ4n) is 1.62. The minimum Gasteiger partial charge on any atom is -0.444 e. The number of carbonyl (C=O) groups excluding carboxylic acids is 1. The van der Waals surface area contributed by atoms with Gasteiger partial charge in [-0.3, -0.25) is 5.32 Å². The fourth-order valence-corrected chi connectivity index (χ4v) is 1.81. The van der Waals surface area contributed by atoms with Crippen LogP contribution in [-0.4, -0.2) is 6.09 Å². The normalized spacial score (nSPS) is 10.0. The van der Waals surface area contributed by atoms with E-state index in [1.54, 1.807) is 0 Å². The van der Waals surface area contributed by atoms with Crippen LogP contribution >= 0.6 is 12.6 Å². The van der Waals surface area contributed by atoms with Gasteiger partial charge in [0.15, 0.2) is 0 Å². The Hall–Kier alpha value is -1.94. The molecule has 2 aromatic carbocycles. The molecule has 0 aromatic heterocycles. The third kappa shape index (κ3) is 4.03. The molecule has 0 aliphatic rings. The molecule has 0 spiro atoms. The van der Waals surface area contributed by atoms with Crippen LogP contribution in [0, 0.1) is 6.92 Å². The molecule has 4 heteroatoms. The Labute approximate surface area is 118 Å². The van der Waals surface area contributed by atoms with E-state index >= 15 is 0 Å². The predicted octanol–water partition coefficient (Wildman–Crippen LogP) is 4.03. The van der Waals surface area contributed by atoms with Crippen LogP contribution in [0.15, 0.2) is 53.4 Å². The van der Waals surface area contributed by atoms with Gasteiger partial charge in [0.25, 0.3) is 0 Å². The molecule has 0 heterocycles. The molecule has 98 valence electrons. The Kier molecular flexibility index (Phi) is 4.47. The number of thiol groups is 1. The molecule has 2 aromatic rings. The number of anilines is 1. The lowest BCUT2D eigenvalue weighted by atomic mass is 10.2. The number of hydrogen-bond acceptors (Lipinski definition) is 3. The molecule has 0 radical (unpaired) electrons. The van der Waals surface area contributed by atoms with Crippen LogP contribution in [0.5, 0.6) is 0 Å². The second-order valence-corrected chi connectivity index (χ2v) is 4.69. The monoisotopic (exact) mass is 273 g/mol. The number of nitrogens with one attached hydrogen (secondary N) is 1. The van der Waals surface area contributed by atoms with Gasteiger partial charge in [0.05, 0.1) is 5.69 Å². The van der Waals surface area contributed by atoms with Crippen molar-refractivity contribution in [1.82, 2.24) is 0 Å². The van der Waals surface area contributed by atoms with E-state index in [4.69, 9.17) is 4.74 Å². The summed E-state index contributed by atoms with van der Waals surface area (Å²) >= 11 is 4.29. The van der Waals surface area contributed by atoms with E-state index in [9.17, 15) is 4.79 Å². The largest absolute Gasteiger partial charge is 0.444 e. The first kappa shape index (κ1) is 13.5. The van der Waals surface area contributed by atoms with Crippen molar-refractivity contribution in [3.05, 3.63) is 59.7 Å². The van der Waals surface area contributed by atoms with Crippen molar-refractivity contribution < 1.29 is 9.53 Å². The highest BCUT2D eigenvalue weighted by atomic mass is 32.1. The number of ether oxygens (including phenoxy) is 1. The third-order valence-electron chi connectivity index (χ3n) is 2.60. The van der Waals surface area contributed by atoms with E-state index in [0.717, 1.165) is 11.1 Å². The summed E-state index contributed by atoms with van der Waals surface area (Å²) < 4.78 is 5.14. The van der Waals surface area contributed by atoms with Gasteiger partial charge < -0.3 is 4.74 Å². The van der Waals surface area contributed by atoms with E-state index in [1.165, 1.54) is 0 Å². The van der Waals surface area contributed by atoms with Gasteiger partial charge in [0.2, 0.25) is 0 Å². The standard InChI is InChI=1S/C15H15NO2S/c1-11-7-8-14(19)13(9-11)16-15(17)18-10-12-5-3-2-4-6-12/h2-9,19H,10H2,1H3,(H,16,17). The van der Waals surface area contributed by atoms with Crippen molar-refractivity contribution in [2.24, 2.45) is 0 Å². The van der Waals surface area contributed by atoms with Gasteiger partial charge in [-0.15, -0.1) is 12.6 Å². The molecule has 19 heavy (non-hydrogen) atoms. The molecule has 3 nitrogen and oxygen atoms in total. The summed E-state index contributed by atoms with van der Waals surface area (Å²) in [4.78, 5) is 12.4. The molecule has 1 N–H and O–H groups in total. The molecule has 0 aliphatic carbocycles. The zero-order valence-electron chi connectivity index (χ0n) is 10.6. The average Bonchev–Trinajstić information content (AvgIpc) is 2.42. The molecule has 0 saturated heterocycles. The van der Waals surface area contributed by atoms with Crippen molar-refractivity contribution in [2.75, 3.05) is 5.32 Å². The lowest BCUT2D eigenvalue weighted by Gasteiger charge is -2.09. The molecule has 0 saturated carbocycles. The van der Waals surface area contributed by atoms with Crippen molar-refractivity contribution in [3.8, 4) is 0 Å². The Morgan fingerprint density at radius 2 is 1.95 bits per heavy atom. The highest BCUT2D eigenvalue weighted by Crippen LogP contribution is 2.21. The van der Waals surface area contributed by atoms with Crippen molar-refractivity contribution in [3.63, 3.8) is 0 Å². The summed E-state index contributed by atoms with van der Waals surface area (Å²) in [7, 11) is 0. The van der Waals surface area contributed by atoms with Gasteiger partial charge in [-0.05, 0) is 30.2 Å². The molecule has 0 unspecified atom stereocenters. The highest BCUT2D eigenvalue weighted by Gasteiger charge is 2.06. The Morgan fingerprint density at radius 1 is 1.21 bits per heavy atom. The molecular formula is C15H15NO2S. The van der Waals surface area contributed by atoms with Gasteiger partial charge in [0.1, 0.15) is 6.61 Å². The smallest absolute Gasteiger partial charge is 0.411 e. The van der Waals surface area contributed by atoms with E-state index in [-0.39, 0.29) is 6.61 Å². The first-order valence-corrected chi connectivity index (χ1v) is 6.37. The van der Waals surface area contributed by atoms with Crippen molar-refractivity contribution in [2.45, 2.75) is 18.4 Å². The summed E-state index contributed by atoms with van der Waals surface area (Å²) in [5.74, 6) is 0. The summed E-state index contributed by atoms with van der Waals surface area (Å²) in [6.45, 7) is 2.20. The van der Waals surface area contributed by atoms with Gasteiger partial charge >= 0.3 is 6.09 Å². The lowest BCUT2D eigenvalue weighted by Crippen LogP contribution is -2.14. The van der Waals surface area contributed by atoms with Gasteiger partial charge in [-0.1, -0.05) is 36.4 Å². The Balaban J connectivity index is 1.93. The maximum Gasteiger partial charge on any atom is 0.411 e. The van der Waals surface area contributed by atoms with E-state index in [2.05, 4.69) is 17.9 Å². The number of rotatable bonds is 3. The summed E-state index contributed by atoms with van der Waals surface area (Å²) in [6.07, 6.45) is -0.482. The number of benzene rings is 2. The molecule has 0 bridgehead atoms. The molecule has 1 amide bonds. The van der Waals surface area contributed by atoms with Crippen LogP contribution < -0.4 is 5.32 Å². The van der Waals surface area contributed by atoms with E-state index < -0.39 is 6.09 Å². The van der Waals surface area contributed by atoms with Gasteiger partial charge in [0, 0.05) is 4.90 Å². The zero-order valence-corrected chi connectivity index (χ0v) is 11.5. The first-order chi connectivity index (χ1) is 9.15. The van der Waals surface area contributed by atoms with Gasteiger partial charge in [-0.25, -0.2) is 4.79 Å². The minimum atomic E-state index is -0.482.